The second-order valence-corrected chi connectivity index (χ2v) is 23.0. The lowest BCUT2D eigenvalue weighted by atomic mass is 9.90. The van der Waals surface area contributed by atoms with E-state index in [1.807, 2.05) is 0 Å². The van der Waals surface area contributed by atoms with E-state index >= 15 is 8.78 Å². The van der Waals surface area contributed by atoms with Gasteiger partial charge in [-0.3, -0.25) is 13.9 Å². The van der Waals surface area contributed by atoms with Crippen LogP contribution in [-0.2, 0) is 71.8 Å². The molecule has 6 N–H and O–H groups in total. The number of halogens is 4. The van der Waals surface area contributed by atoms with E-state index in [0.29, 0.717) is 27.3 Å². The summed E-state index contributed by atoms with van der Waals surface area (Å²) < 4.78 is 78.1. The molecule has 28 nitrogen and oxygen atoms in total. The highest BCUT2D eigenvalue weighted by Gasteiger charge is 2.53. The van der Waals surface area contributed by atoms with Crippen molar-refractivity contribution in [1.82, 2.24) is 39.0 Å². The minimum Gasteiger partial charge on any atom is -0.497 e. The topological polar surface area (TPSA) is 374 Å². The molecule has 0 radical (unpaired) electrons. The number of carbonyl (C=O) groups is 6. The highest BCUT2D eigenvalue weighted by atomic mass is 35.5. The first-order valence-corrected chi connectivity index (χ1v) is 27.9. The summed E-state index contributed by atoms with van der Waals surface area (Å²) in [6.07, 6.45) is -11.4. The molecule has 8 rings (SSSR count). The van der Waals surface area contributed by atoms with Crippen LogP contribution in [0, 0.1) is 5.92 Å². The molecule has 1 unspecified atom stereocenters. The number of anilines is 2. The van der Waals surface area contributed by atoms with Crippen molar-refractivity contribution in [3.8, 4) is 5.75 Å². The predicted octanol–water partition coefficient (Wildman–Crippen LogP) is 6.50. The van der Waals surface area contributed by atoms with Gasteiger partial charge in [-0.05, 0) is 107 Å². The first-order chi connectivity index (χ1) is 41.3. The number of aliphatic hydroxyl groups excluding tert-OH is 2. The Morgan fingerprint density at radius 2 is 1.17 bits per heavy atom. The van der Waals surface area contributed by atoms with Crippen LogP contribution in [0.3, 0.4) is 0 Å². The van der Waals surface area contributed by atoms with Crippen LogP contribution in [0.2, 0.25) is 10.6 Å². The zero-order valence-corrected chi connectivity index (χ0v) is 50.8. The number of aliphatic carboxylic acids is 2. The Balaban J connectivity index is 0.000000268. The normalized spacial score (nSPS) is 21.0. The molecule has 0 aliphatic carbocycles. The number of aliphatic hydroxyl groups is 2. The average molecular weight is 1280 g/mol. The lowest BCUT2D eigenvalue weighted by molar-refractivity contribution is -0.190. The summed E-state index contributed by atoms with van der Waals surface area (Å²) in [5.41, 5.74) is 0.311. The Hall–Kier alpha value is -7.84. The number of esters is 1. The molecule has 0 spiro atoms. The molecular weight excluding hydrogens is 1210 g/mol. The molecule has 6 aromatic rings. The third kappa shape index (κ3) is 14.8. The standard InChI is InChI=1S/C35H45ClFN5O10.C21H21ClFN5O8/c1-11-48-29(44)35(20(3)43,16-21-12-14-22(47-10)15-13-21)49-17-23-19(2)24(37)28(50-23)41-18-38-25-26(41)39-30(36)40-27(25)42(31(45)51-33(4,5)6)32(46)52-34(7,8)9;22-20-26-15(24)13-16(27-20)28(8-25-13)17-12(23)14(30)11(36-17)7-35-21(18(31)32,19(33)34)5-9-1-3-10(6-29)4-2-9/h12-15,18-19,23-24,28H,11,16-17H2,1-10H3;1-4,8,11-12,14,17,29-30H,5-7H2,(H,31,32)(H,33,34)(H2,24,26,27)/t19-,23-,24+,28-,35?;11-,12+,14-,17-/m11/s1. The number of ether oxygens (including phenoxy) is 8. The summed E-state index contributed by atoms with van der Waals surface area (Å²) in [4.78, 5) is 102. The van der Waals surface area contributed by atoms with E-state index < -0.39 is 126 Å². The van der Waals surface area contributed by atoms with Gasteiger partial charge in [0.25, 0.3) is 5.60 Å². The van der Waals surface area contributed by atoms with E-state index in [9.17, 15) is 44.1 Å². The van der Waals surface area contributed by atoms with Gasteiger partial charge < -0.3 is 64.1 Å². The van der Waals surface area contributed by atoms with E-state index in [4.69, 9.17) is 71.9 Å². The van der Waals surface area contributed by atoms with Crippen molar-refractivity contribution >= 4 is 93.0 Å². The number of amides is 2. The number of aromatic nitrogens is 8. The van der Waals surface area contributed by atoms with Gasteiger partial charge in [0.1, 0.15) is 34.7 Å². The number of nitrogens with two attached hydrogens (primary N) is 1. The Morgan fingerprint density at radius 3 is 1.68 bits per heavy atom. The molecular formula is C56H66Cl2F2N10O18. The second-order valence-electron chi connectivity index (χ2n) is 22.3. The van der Waals surface area contributed by atoms with Crippen LogP contribution < -0.4 is 15.4 Å². The van der Waals surface area contributed by atoms with Crippen molar-refractivity contribution in [2.75, 3.05) is 37.6 Å². The molecule has 0 bridgehead atoms. The van der Waals surface area contributed by atoms with Crippen LogP contribution in [0.15, 0.2) is 61.2 Å². The summed E-state index contributed by atoms with van der Waals surface area (Å²) in [5.74, 6) is -5.78. The number of carbonyl (C=O) groups excluding carboxylic acids is 4. The fourth-order valence-electron chi connectivity index (χ4n) is 9.24. The monoisotopic (exact) mass is 1270 g/mol. The Bertz CT molecular complexity index is 3490. The van der Waals surface area contributed by atoms with E-state index in [0.717, 1.165) is 10.9 Å². The fraction of sp³-hybridized carbons (Fsp3) is 0.500. The molecule has 9 atom stereocenters. The molecule has 6 heterocycles. The zero-order valence-electron chi connectivity index (χ0n) is 49.3. The molecule has 476 valence electrons. The number of fused-ring (bicyclic) bond motifs is 2. The van der Waals surface area contributed by atoms with Gasteiger partial charge in [-0.15, -0.1) is 0 Å². The number of alkyl halides is 2. The van der Waals surface area contributed by atoms with Crippen LogP contribution in [0.5, 0.6) is 5.75 Å². The molecule has 2 saturated heterocycles. The number of Topliss-reactive ketones (excluding diaryl/α,β-unsaturated/α-hetero) is 1. The number of hydrogen-bond acceptors (Lipinski definition) is 23. The molecule has 32 heteroatoms. The molecule has 0 saturated carbocycles. The second kappa shape index (κ2) is 27.3. The van der Waals surface area contributed by atoms with Crippen LogP contribution in [0.1, 0.15) is 91.5 Å². The maximum absolute atomic E-state index is 16.2. The van der Waals surface area contributed by atoms with Crippen LogP contribution in [0.4, 0.5) is 30.0 Å². The van der Waals surface area contributed by atoms with Crippen molar-refractivity contribution in [1.29, 1.82) is 0 Å². The van der Waals surface area contributed by atoms with Crippen molar-refractivity contribution in [3.05, 3.63) is 88.4 Å². The van der Waals surface area contributed by atoms with E-state index in [-0.39, 0.29) is 65.5 Å². The summed E-state index contributed by atoms with van der Waals surface area (Å²) in [5, 5.41) is 38.4. The fourth-order valence-corrected chi connectivity index (χ4v) is 9.57. The van der Waals surface area contributed by atoms with Crippen LogP contribution in [-0.4, -0.2) is 175 Å². The largest absolute Gasteiger partial charge is 0.497 e. The average Bonchev–Trinajstić information content (AvgIpc) is 1.67. The van der Waals surface area contributed by atoms with Gasteiger partial charge in [0.05, 0.1) is 52.3 Å². The summed E-state index contributed by atoms with van der Waals surface area (Å²) in [6, 6.07) is 12.7. The molecule has 2 aromatic carbocycles. The number of methoxy groups -OCH3 is 1. The molecule has 4 aromatic heterocycles. The molecule has 2 aliphatic rings. The molecule has 88 heavy (non-hydrogen) atoms. The SMILES string of the molecule is CCOC(=O)C(Cc1ccc(OC)cc1)(OC[C@H]1O[C@@H](n2cnc3c(N(C(=O)OC(C)(C)C)C(=O)OC(C)(C)C)nc(Cl)nc32)[C@@H](F)[C@@H]1C)C(C)=O.Nc1nc(Cl)nc2c1ncn2[C@@H]1O[C@H](COC(Cc2ccc(CO)cc2)(C(=O)O)C(=O)O)[C@@H](O)[C@@H]1F. The number of carboxylic acids is 2. The number of carboxylic acid groups (broad SMARTS) is 2. The minimum atomic E-state index is -2.76. The highest BCUT2D eigenvalue weighted by Crippen LogP contribution is 2.41. The van der Waals surface area contributed by atoms with Crippen molar-refractivity contribution in [2.24, 2.45) is 5.92 Å². The van der Waals surface area contributed by atoms with Gasteiger partial charge in [0, 0.05) is 18.8 Å². The number of imidazole rings is 2. The number of imide groups is 1. The smallest absolute Gasteiger partial charge is 0.425 e. The molecule has 2 aliphatic heterocycles. The third-order valence-corrected chi connectivity index (χ3v) is 14.1. The Kier molecular flexibility index (Phi) is 21.0. The third-order valence-electron chi connectivity index (χ3n) is 13.8. The quantitative estimate of drug-likeness (QED) is 0.0235. The van der Waals surface area contributed by atoms with Gasteiger partial charge in [0.2, 0.25) is 16.2 Å². The van der Waals surface area contributed by atoms with Crippen LogP contribution >= 0.6 is 23.2 Å². The number of ketones is 1. The van der Waals surface area contributed by atoms with E-state index in [1.165, 1.54) is 49.2 Å². The van der Waals surface area contributed by atoms with E-state index in [1.54, 1.807) is 79.7 Å². The minimum absolute atomic E-state index is 0.00973. The maximum atomic E-state index is 16.2. The predicted molar refractivity (Wildman–Crippen MR) is 306 cm³/mol. The summed E-state index contributed by atoms with van der Waals surface area (Å²) in [6.45, 7) is 12.7. The van der Waals surface area contributed by atoms with Gasteiger partial charge in [-0.2, -0.15) is 24.8 Å². The highest BCUT2D eigenvalue weighted by molar-refractivity contribution is 6.29. The first-order valence-electron chi connectivity index (χ1n) is 27.1. The zero-order chi connectivity index (χ0) is 65.0. The van der Waals surface area contributed by atoms with Crippen molar-refractivity contribution in [3.63, 3.8) is 0 Å². The van der Waals surface area contributed by atoms with Gasteiger partial charge in [-0.1, -0.05) is 43.3 Å². The van der Waals surface area contributed by atoms with Gasteiger partial charge >= 0.3 is 30.1 Å². The number of hydrogen-bond donors (Lipinski definition) is 5. The van der Waals surface area contributed by atoms with Crippen molar-refractivity contribution < 1.29 is 95.9 Å². The number of nitrogens with zero attached hydrogens (tertiary/aromatic N) is 9. The Labute approximate surface area is 511 Å². The number of nitrogen functional groups attached to an aromatic ring is 1. The number of benzene rings is 2. The first kappa shape index (κ1) is 67.7. The molecule has 2 amide bonds. The lowest BCUT2D eigenvalue weighted by Crippen LogP contribution is -2.52. The van der Waals surface area contributed by atoms with Crippen LogP contribution in [0.25, 0.3) is 22.3 Å². The van der Waals surface area contributed by atoms with Gasteiger partial charge in [0.15, 0.2) is 59.0 Å². The maximum Gasteiger partial charge on any atom is 0.425 e. The van der Waals surface area contributed by atoms with Gasteiger partial charge in [-0.25, -0.2) is 42.7 Å². The summed E-state index contributed by atoms with van der Waals surface area (Å²) in [7, 11) is 1.51. The van der Waals surface area contributed by atoms with E-state index in [2.05, 4.69) is 29.9 Å². The summed E-state index contributed by atoms with van der Waals surface area (Å²) >= 11 is 12.1. The van der Waals surface area contributed by atoms with Crippen molar-refractivity contribution in [2.45, 2.75) is 147 Å². The Morgan fingerprint density at radius 1 is 0.705 bits per heavy atom. The molecule has 2 fully saturated rings. The lowest BCUT2D eigenvalue weighted by Gasteiger charge is -2.31. The number of rotatable bonds is 20.